The number of nitrogens with zero attached hydrogens (tertiary/aromatic N) is 2. The Kier molecular flexibility index (Phi) is 7.41. The summed E-state index contributed by atoms with van der Waals surface area (Å²) < 4.78 is 0. The molecule has 1 radical (unpaired) electrons. The minimum atomic E-state index is -0.569. The van der Waals surface area contributed by atoms with Crippen molar-refractivity contribution in [2.45, 2.75) is 52.7 Å². The van der Waals surface area contributed by atoms with Gasteiger partial charge in [0, 0.05) is 17.1 Å². The number of aryl methyl sites for hydroxylation is 1. The van der Waals surface area contributed by atoms with Crippen LogP contribution in [-0.2, 0) is 4.79 Å². The average molecular weight is 295 g/mol. The van der Waals surface area contributed by atoms with Crippen molar-refractivity contribution in [3.8, 4) is 0 Å². The molecule has 20 heavy (non-hydrogen) atoms. The molecule has 1 N–H and O–H groups in total. The van der Waals surface area contributed by atoms with Crippen LogP contribution in [0.25, 0.3) is 0 Å². The van der Waals surface area contributed by atoms with E-state index in [2.05, 4.69) is 25.8 Å². The SMILES string of the molecule is CCCN([B]C=O)[C@@H](C[C@@H](O)c1nc(C)cs1)C(C)C. The normalized spacial score (nSPS) is 14.6. The van der Waals surface area contributed by atoms with Crippen molar-refractivity contribution in [1.82, 2.24) is 9.79 Å². The van der Waals surface area contributed by atoms with Crippen LogP contribution in [0.15, 0.2) is 5.38 Å². The molecule has 4 nitrogen and oxygen atoms in total. The van der Waals surface area contributed by atoms with Gasteiger partial charge in [-0.15, -0.1) is 11.3 Å². The summed E-state index contributed by atoms with van der Waals surface area (Å²) in [6, 6.07) is 0.138. The molecule has 0 fully saturated rings. The first-order valence-electron chi connectivity index (χ1n) is 7.14. The van der Waals surface area contributed by atoms with Gasteiger partial charge in [-0.1, -0.05) is 20.8 Å². The number of carbonyl (C=O) groups excluding carboxylic acids is 1. The Morgan fingerprint density at radius 3 is 2.70 bits per heavy atom. The Morgan fingerprint density at radius 1 is 1.55 bits per heavy atom. The minimum Gasteiger partial charge on any atom is -0.386 e. The van der Waals surface area contributed by atoms with Crippen molar-refractivity contribution >= 4 is 24.9 Å². The van der Waals surface area contributed by atoms with Crippen molar-refractivity contribution < 1.29 is 9.90 Å². The molecule has 1 rings (SSSR count). The number of hydrogen-bond donors (Lipinski definition) is 1. The van der Waals surface area contributed by atoms with Gasteiger partial charge >= 0.3 is 0 Å². The quantitative estimate of drug-likeness (QED) is 0.561. The topological polar surface area (TPSA) is 53.4 Å². The smallest absolute Gasteiger partial charge is 0.293 e. The summed E-state index contributed by atoms with van der Waals surface area (Å²) in [5.41, 5.74) is 0.940. The third-order valence-electron chi connectivity index (χ3n) is 3.32. The minimum absolute atomic E-state index is 0.138. The molecular formula is C14H24BN2O2S. The van der Waals surface area contributed by atoms with Gasteiger partial charge in [-0.25, -0.2) is 4.98 Å². The van der Waals surface area contributed by atoms with Gasteiger partial charge in [-0.3, -0.25) is 0 Å². The van der Waals surface area contributed by atoms with Gasteiger partial charge in [0.25, 0.3) is 7.41 Å². The summed E-state index contributed by atoms with van der Waals surface area (Å²) in [7, 11) is 1.59. The molecule has 1 aromatic rings. The van der Waals surface area contributed by atoms with E-state index >= 15 is 0 Å². The van der Waals surface area contributed by atoms with E-state index in [0.29, 0.717) is 12.3 Å². The van der Waals surface area contributed by atoms with Crippen LogP contribution in [0.2, 0.25) is 0 Å². The summed E-state index contributed by atoms with van der Waals surface area (Å²) in [5, 5.41) is 13.1. The first kappa shape index (κ1) is 17.3. The zero-order valence-corrected chi connectivity index (χ0v) is 13.6. The molecule has 0 amide bonds. The highest BCUT2D eigenvalue weighted by Gasteiger charge is 2.26. The third kappa shape index (κ3) is 5.00. The fourth-order valence-electron chi connectivity index (χ4n) is 2.33. The lowest BCUT2D eigenvalue weighted by Gasteiger charge is -2.34. The molecule has 0 saturated carbocycles. The zero-order chi connectivity index (χ0) is 15.1. The Labute approximate surface area is 126 Å². The fraction of sp³-hybridized carbons (Fsp3) is 0.714. The Morgan fingerprint density at radius 2 is 2.25 bits per heavy atom. The van der Waals surface area contributed by atoms with Crippen LogP contribution in [0.1, 0.15) is 50.4 Å². The first-order chi connectivity index (χ1) is 9.49. The summed E-state index contributed by atoms with van der Waals surface area (Å²) in [6.07, 6.45) is 1.82. The van der Waals surface area contributed by atoms with Crippen molar-refractivity contribution in [3.63, 3.8) is 0 Å². The number of aromatic nitrogens is 1. The lowest BCUT2D eigenvalue weighted by atomic mass is 9.85. The second-order valence-corrected chi connectivity index (χ2v) is 6.30. The molecule has 1 aromatic heterocycles. The number of rotatable bonds is 9. The molecule has 6 heteroatoms. The molecule has 0 spiro atoms. The van der Waals surface area contributed by atoms with Crippen LogP contribution in [0.4, 0.5) is 0 Å². The average Bonchev–Trinajstić information content (AvgIpc) is 2.82. The van der Waals surface area contributed by atoms with E-state index in [9.17, 15) is 9.90 Å². The molecule has 0 aliphatic heterocycles. The standard InChI is InChI=1S/C14H24BN2O2S/c1-5-6-17(15-9-18)12(10(2)3)7-13(19)14-16-11(4)8-20-14/h8-10,12-13,19H,5-7H2,1-4H3/t12-,13+/m0/s1. The maximum atomic E-state index is 10.8. The van der Waals surface area contributed by atoms with Gasteiger partial charge in [0.2, 0.25) is 0 Å². The summed E-state index contributed by atoms with van der Waals surface area (Å²) in [4.78, 5) is 17.2. The van der Waals surface area contributed by atoms with E-state index in [-0.39, 0.29) is 6.04 Å². The summed E-state index contributed by atoms with van der Waals surface area (Å²) >= 11 is 1.49. The molecule has 0 unspecified atom stereocenters. The van der Waals surface area contributed by atoms with Crippen LogP contribution in [0.5, 0.6) is 0 Å². The molecule has 111 valence electrons. The summed E-state index contributed by atoms with van der Waals surface area (Å²) in [5.74, 6) is 0.355. The Balaban J connectivity index is 2.76. The molecular weight excluding hydrogens is 271 g/mol. The number of thiazole rings is 1. The predicted octanol–water partition coefficient (Wildman–Crippen LogP) is 2.42. The largest absolute Gasteiger partial charge is 0.386 e. The van der Waals surface area contributed by atoms with Gasteiger partial charge in [0.05, 0.1) is 6.19 Å². The highest BCUT2D eigenvalue weighted by molar-refractivity contribution is 7.09. The van der Waals surface area contributed by atoms with Crippen LogP contribution in [-0.4, -0.2) is 41.1 Å². The van der Waals surface area contributed by atoms with E-state index in [4.69, 9.17) is 0 Å². The van der Waals surface area contributed by atoms with Crippen LogP contribution >= 0.6 is 11.3 Å². The van der Waals surface area contributed by atoms with Crippen molar-refractivity contribution in [1.29, 1.82) is 0 Å². The highest BCUT2D eigenvalue weighted by atomic mass is 32.1. The molecule has 0 aliphatic carbocycles. The fourth-order valence-corrected chi connectivity index (χ4v) is 3.13. The van der Waals surface area contributed by atoms with Crippen LogP contribution in [0.3, 0.4) is 0 Å². The van der Waals surface area contributed by atoms with E-state index in [1.54, 1.807) is 7.41 Å². The second-order valence-electron chi connectivity index (χ2n) is 5.41. The molecule has 2 atom stereocenters. The number of carbonyl (C=O) groups is 1. The number of hydrogen-bond acceptors (Lipinski definition) is 5. The van der Waals surface area contributed by atoms with Crippen molar-refractivity contribution in [2.24, 2.45) is 5.92 Å². The van der Waals surface area contributed by atoms with Crippen molar-refractivity contribution in [2.75, 3.05) is 6.54 Å². The van der Waals surface area contributed by atoms with Gasteiger partial charge in [-0.2, -0.15) is 0 Å². The van der Waals surface area contributed by atoms with E-state index in [1.165, 1.54) is 11.3 Å². The third-order valence-corrected chi connectivity index (χ3v) is 4.38. The Hall–Kier alpha value is -0.715. The number of aliphatic hydroxyl groups is 1. The van der Waals surface area contributed by atoms with E-state index < -0.39 is 6.10 Å². The maximum absolute atomic E-state index is 10.8. The zero-order valence-electron chi connectivity index (χ0n) is 12.7. The summed E-state index contributed by atoms with van der Waals surface area (Å²) in [6.45, 7) is 9.07. The Bertz CT molecular complexity index is 412. The van der Waals surface area contributed by atoms with Gasteiger partial charge in [0.15, 0.2) is 0 Å². The lowest BCUT2D eigenvalue weighted by molar-refractivity contribution is 0.115. The monoisotopic (exact) mass is 295 g/mol. The molecule has 0 bridgehead atoms. The molecule has 1 heterocycles. The van der Waals surface area contributed by atoms with Gasteiger partial charge in [0.1, 0.15) is 11.1 Å². The maximum Gasteiger partial charge on any atom is 0.293 e. The molecule has 0 saturated heterocycles. The lowest BCUT2D eigenvalue weighted by Crippen LogP contribution is -2.43. The number of aliphatic hydroxyl groups excluding tert-OH is 1. The van der Waals surface area contributed by atoms with Crippen LogP contribution in [0, 0.1) is 12.8 Å². The second kappa shape index (κ2) is 8.54. The van der Waals surface area contributed by atoms with E-state index in [0.717, 1.165) is 29.9 Å². The predicted molar refractivity (Wildman–Crippen MR) is 84.6 cm³/mol. The van der Waals surface area contributed by atoms with E-state index in [1.807, 2.05) is 17.1 Å². The van der Waals surface area contributed by atoms with Crippen LogP contribution < -0.4 is 0 Å². The molecule has 0 aliphatic rings. The van der Waals surface area contributed by atoms with Gasteiger partial charge in [-0.05, 0) is 32.2 Å². The van der Waals surface area contributed by atoms with Gasteiger partial charge < -0.3 is 14.7 Å². The molecule has 0 aromatic carbocycles. The van der Waals surface area contributed by atoms with Crippen molar-refractivity contribution in [3.05, 3.63) is 16.1 Å². The highest BCUT2D eigenvalue weighted by Crippen LogP contribution is 2.26. The first-order valence-corrected chi connectivity index (χ1v) is 8.02.